The number of aromatic nitrogens is 4. The van der Waals surface area contributed by atoms with E-state index in [0.29, 0.717) is 17.7 Å². The summed E-state index contributed by atoms with van der Waals surface area (Å²) < 4.78 is 1.98. The van der Waals surface area contributed by atoms with Crippen LogP contribution in [0.2, 0.25) is 0 Å². The van der Waals surface area contributed by atoms with Gasteiger partial charge in [0, 0.05) is 12.2 Å². The first-order valence-electron chi connectivity index (χ1n) is 7.93. The van der Waals surface area contributed by atoms with Gasteiger partial charge in [0.25, 0.3) is 0 Å². The van der Waals surface area contributed by atoms with Crippen LogP contribution in [-0.4, -0.2) is 49.9 Å². The van der Waals surface area contributed by atoms with Gasteiger partial charge >= 0.3 is 0 Å². The number of likely N-dealkylation sites (tertiary alicyclic amines) is 1. The number of aryl methyl sites for hydroxylation is 2. The zero-order valence-electron chi connectivity index (χ0n) is 13.5. The number of nitrogens with zero attached hydrogens (tertiary/aromatic N) is 5. The summed E-state index contributed by atoms with van der Waals surface area (Å²) in [5.41, 5.74) is 1.16. The van der Waals surface area contributed by atoms with Crippen LogP contribution in [0.15, 0.2) is 12.4 Å². The van der Waals surface area contributed by atoms with Crippen LogP contribution in [0.3, 0.4) is 0 Å². The number of carbonyl (C=O) groups excluding carboxylic acids is 1. The Hall–Kier alpha value is -1.80. The van der Waals surface area contributed by atoms with Gasteiger partial charge in [0.1, 0.15) is 5.01 Å². The van der Waals surface area contributed by atoms with Crippen molar-refractivity contribution in [3.63, 3.8) is 0 Å². The van der Waals surface area contributed by atoms with Gasteiger partial charge in [0.05, 0.1) is 19.3 Å². The van der Waals surface area contributed by atoms with Crippen molar-refractivity contribution in [2.75, 3.05) is 18.4 Å². The monoisotopic (exact) mass is 334 g/mol. The molecule has 0 spiro atoms. The van der Waals surface area contributed by atoms with Gasteiger partial charge in [-0.1, -0.05) is 17.8 Å². The molecule has 0 saturated carbocycles. The molecule has 7 nitrogen and oxygen atoms in total. The van der Waals surface area contributed by atoms with Crippen LogP contribution < -0.4 is 5.32 Å². The lowest BCUT2D eigenvalue weighted by Gasteiger charge is -2.35. The van der Waals surface area contributed by atoms with Gasteiger partial charge in [0.2, 0.25) is 11.0 Å². The summed E-state index contributed by atoms with van der Waals surface area (Å²) in [6.07, 6.45) is 7.37. The fourth-order valence-corrected chi connectivity index (χ4v) is 3.56. The van der Waals surface area contributed by atoms with Crippen LogP contribution in [0, 0.1) is 13.8 Å². The van der Waals surface area contributed by atoms with E-state index in [-0.39, 0.29) is 5.91 Å². The van der Waals surface area contributed by atoms with E-state index in [0.717, 1.165) is 36.5 Å². The van der Waals surface area contributed by atoms with Crippen molar-refractivity contribution in [2.24, 2.45) is 0 Å². The molecule has 23 heavy (non-hydrogen) atoms. The van der Waals surface area contributed by atoms with Gasteiger partial charge < -0.3 is 0 Å². The van der Waals surface area contributed by atoms with E-state index in [1.807, 2.05) is 24.7 Å². The lowest BCUT2D eigenvalue weighted by atomic mass is 10.0. The Balaban J connectivity index is 1.58. The highest BCUT2D eigenvalue weighted by atomic mass is 32.1. The van der Waals surface area contributed by atoms with E-state index in [9.17, 15) is 4.79 Å². The van der Waals surface area contributed by atoms with Crippen LogP contribution in [-0.2, 0) is 11.3 Å². The molecular weight excluding hydrogens is 312 g/mol. The Kier molecular flexibility index (Phi) is 5.02. The molecule has 1 fully saturated rings. The Bertz CT molecular complexity index is 666. The molecule has 2 aromatic rings. The van der Waals surface area contributed by atoms with Crippen LogP contribution in [0.4, 0.5) is 5.13 Å². The maximum Gasteiger partial charge on any atom is 0.240 e. The van der Waals surface area contributed by atoms with Gasteiger partial charge in [-0.05, 0) is 38.8 Å². The van der Waals surface area contributed by atoms with E-state index >= 15 is 0 Å². The highest BCUT2D eigenvalue weighted by molar-refractivity contribution is 7.15. The average Bonchev–Trinajstić information content (AvgIpc) is 3.10. The quantitative estimate of drug-likeness (QED) is 0.903. The predicted octanol–water partition coefficient (Wildman–Crippen LogP) is 1.84. The summed E-state index contributed by atoms with van der Waals surface area (Å²) in [6.45, 7) is 6.09. The maximum absolute atomic E-state index is 12.3. The molecule has 1 saturated heterocycles. The van der Waals surface area contributed by atoms with E-state index in [4.69, 9.17) is 0 Å². The molecule has 1 N–H and O–H groups in total. The molecule has 0 unspecified atom stereocenters. The van der Waals surface area contributed by atoms with Crippen molar-refractivity contribution in [3.05, 3.63) is 23.0 Å². The molecule has 1 aliphatic heterocycles. The van der Waals surface area contributed by atoms with E-state index < -0.39 is 0 Å². The second-order valence-corrected chi connectivity index (χ2v) is 7.22. The molecule has 0 aliphatic carbocycles. The number of amides is 1. The normalized spacial score (nSPS) is 19.0. The minimum Gasteiger partial charge on any atom is -0.299 e. The minimum absolute atomic E-state index is 0.0234. The topological polar surface area (TPSA) is 75.9 Å². The maximum atomic E-state index is 12.3. The van der Waals surface area contributed by atoms with Crippen LogP contribution in [0.5, 0.6) is 0 Å². The first-order chi connectivity index (χ1) is 11.1. The van der Waals surface area contributed by atoms with Crippen LogP contribution in [0.25, 0.3) is 0 Å². The van der Waals surface area contributed by atoms with E-state index in [2.05, 4.69) is 31.7 Å². The van der Waals surface area contributed by atoms with Crippen LogP contribution in [0.1, 0.15) is 29.8 Å². The number of carbonyl (C=O) groups is 1. The molecule has 3 rings (SSSR count). The summed E-state index contributed by atoms with van der Waals surface area (Å²) >= 11 is 1.40. The van der Waals surface area contributed by atoms with Gasteiger partial charge in [-0.2, -0.15) is 5.10 Å². The Labute approximate surface area is 139 Å². The third kappa shape index (κ3) is 4.35. The second-order valence-electron chi connectivity index (χ2n) is 6.03. The average molecular weight is 334 g/mol. The molecule has 0 bridgehead atoms. The number of rotatable bonds is 5. The first kappa shape index (κ1) is 16.1. The number of nitrogens with one attached hydrogen (secondary N) is 1. The SMILES string of the molecule is Cc1cnn(C[C@H]2CCCCN2CC(=O)Nc2nnc(C)s2)c1. The van der Waals surface area contributed by atoms with Crippen molar-refractivity contribution < 1.29 is 4.79 Å². The zero-order valence-corrected chi connectivity index (χ0v) is 14.3. The molecule has 1 atom stereocenters. The second kappa shape index (κ2) is 7.18. The highest BCUT2D eigenvalue weighted by Crippen LogP contribution is 2.19. The summed E-state index contributed by atoms with van der Waals surface area (Å²) in [7, 11) is 0. The van der Waals surface area contributed by atoms with E-state index in [1.165, 1.54) is 17.8 Å². The largest absolute Gasteiger partial charge is 0.299 e. The molecule has 3 heterocycles. The summed E-state index contributed by atoms with van der Waals surface area (Å²) in [4.78, 5) is 14.5. The third-order valence-corrected chi connectivity index (χ3v) is 4.78. The Morgan fingerprint density at radius 1 is 1.39 bits per heavy atom. The molecule has 0 aromatic carbocycles. The van der Waals surface area contributed by atoms with Crippen molar-refractivity contribution in [1.82, 2.24) is 24.9 Å². The molecule has 124 valence electrons. The molecule has 0 radical (unpaired) electrons. The smallest absolute Gasteiger partial charge is 0.240 e. The number of hydrogen-bond acceptors (Lipinski definition) is 6. The Morgan fingerprint density at radius 2 is 2.26 bits per heavy atom. The first-order valence-corrected chi connectivity index (χ1v) is 8.75. The fourth-order valence-electron chi connectivity index (χ4n) is 2.95. The zero-order chi connectivity index (χ0) is 16.2. The van der Waals surface area contributed by atoms with Gasteiger partial charge in [-0.3, -0.25) is 19.7 Å². The van der Waals surface area contributed by atoms with Gasteiger partial charge in [-0.25, -0.2) is 0 Å². The number of piperidine rings is 1. The van der Waals surface area contributed by atoms with E-state index in [1.54, 1.807) is 0 Å². The highest BCUT2D eigenvalue weighted by Gasteiger charge is 2.25. The fraction of sp³-hybridized carbons (Fsp3) is 0.600. The number of anilines is 1. The van der Waals surface area contributed by atoms with Crippen molar-refractivity contribution in [1.29, 1.82) is 0 Å². The summed E-state index contributed by atoms with van der Waals surface area (Å²) in [6, 6.07) is 0.352. The lowest BCUT2D eigenvalue weighted by molar-refractivity contribution is -0.118. The Morgan fingerprint density at radius 3 is 2.96 bits per heavy atom. The van der Waals surface area contributed by atoms with Gasteiger partial charge in [-0.15, -0.1) is 10.2 Å². The molecule has 1 aliphatic rings. The molecular formula is C15H22N6OS. The summed E-state index contributed by atoms with van der Waals surface area (Å²) in [5, 5.41) is 16.5. The van der Waals surface area contributed by atoms with Crippen molar-refractivity contribution >= 4 is 22.4 Å². The molecule has 1 amide bonds. The molecule has 8 heteroatoms. The minimum atomic E-state index is -0.0234. The van der Waals surface area contributed by atoms with Crippen molar-refractivity contribution in [3.8, 4) is 0 Å². The third-order valence-electron chi connectivity index (χ3n) is 4.03. The molecule has 2 aromatic heterocycles. The van der Waals surface area contributed by atoms with Gasteiger partial charge in [0.15, 0.2) is 0 Å². The summed E-state index contributed by atoms with van der Waals surface area (Å²) in [5.74, 6) is -0.0234. The van der Waals surface area contributed by atoms with Crippen LogP contribution >= 0.6 is 11.3 Å². The standard InChI is InChI=1S/C15H22N6OS/c1-11-7-16-21(8-11)9-13-5-3-4-6-20(13)10-14(22)17-15-19-18-12(2)23-15/h7-8,13H,3-6,9-10H2,1-2H3,(H,17,19,22)/t13-/m1/s1. The lowest BCUT2D eigenvalue weighted by Crippen LogP contribution is -2.46. The van der Waals surface area contributed by atoms with Crippen molar-refractivity contribution in [2.45, 2.75) is 45.7 Å². The number of hydrogen-bond donors (Lipinski definition) is 1. The predicted molar refractivity (Wildman–Crippen MR) is 89.5 cm³/mol.